The molecule has 0 N–H and O–H groups in total. The summed E-state index contributed by atoms with van der Waals surface area (Å²) >= 11 is 0.885. The highest BCUT2D eigenvalue weighted by molar-refractivity contribution is 7.14. The Labute approximate surface area is 178 Å². The van der Waals surface area contributed by atoms with Crippen molar-refractivity contribution in [3.05, 3.63) is 76.3 Å². The molecule has 0 fully saturated rings. The monoisotopic (exact) mass is 427 g/mol. The predicted octanol–water partition coefficient (Wildman–Crippen LogP) is 4.67. The van der Waals surface area contributed by atoms with Crippen LogP contribution in [0.5, 0.6) is 5.75 Å². The van der Waals surface area contributed by atoms with Crippen molar-refractivity contribution in [2.75, 3.05) is 37.1 Å². The maximum absolute atomic E-state index is 12.2. The van der Waals surface area contributed by atoms with Gasteiger partial charge >= 0.3 is 11.0 Å². The molecule has 0 saturated carbocycles. The van der Waals surface area contributed by atoms with E-state index in [1.807, 2.05) is 17.0 Å². The number of methoxy groups -OCH3 is 1. The number of ether oxygens (including phenoxy) is 2. The van der Waals surface area contributed by atoms with Crippen LogP contribution >= 0.6 is 11.3 Å². The summed E-state index contributed by atoms with van der Waals surface area (Å²) in [6, 6.07) is 5.45. The Hall–Kier alpha value is -3.59. The number of carbonyl (C=O) groups excluding carboxylic acids is 1. The maximum Gasteiger partial charge on any atom is 0.348 e. The van der Waals surface area contributed by atoms with Gasteiger partial charge in [-0.15, -0.1) is 0 Å². The second-order valence-corrected chi connectivity index (χ2v) is 7.15. The SMILES string of the molecule is C=C/C=C(\C=C)N1CCOc2ccc(N(C)c3c(C(=O)OC)csc3[N+](=O)[O-])cc21. The van der Waals surface area contributed by atoms with Crippen LogP contribution in [0.15, 0.2) is 60.7 Å². The van der Waals surface area contributed by atoms with Gasteiger partial charge in [0.25, 0.3) is 0 Å². The molecule has 2 aromatic rings. The fraction of sp³-hybridized carbons (Fsp3) is 0.190. The van der Waals surface area contributed by atoms with Crippen molar-refractivity contribution in [1.82, 2.24) is 0 Å². The second-order valence-electron chi connectivity index (χ2n) is 6.29. The van der Waals surface area contributed by atoms with E-state index in [1.165, 1.54) is 12.5 Å². The fourth-order valence-corrected chi connectivity index (χ4v) is 4.13. The number of hydrogen-bond donors (Lipinski definition) is 0. The summed E-state index contributed by atoms with van der Waals surface area (Å²) in [4.78, 5) is 26.9. The van der Waals surface area contributed by atoms with Gasteiger partial charge in [0.1, 0.15) is 23.6 Å². The van der Waals surface area contributed by atoms with Gasteiger partial charge in [-0.2, -0.15) is 0 Å². The average molecular weight is 427 g/mol. The molecule has 1 aliphatic heterocycles. The van der Waals surface area contributed by atoms with E-state index in [4.69, 9.17) is 9.47 Å². The number of carbonyl (C=O) groups is 1. The highest BCUT2D eigenvalue weighted by Gasteiger charge is 2.30. The molecule has 1 aliphatic rings. The first-order valence-electron chi connectivity index (χ1n) is 9.00. The minimum atomic E-state index is -0.632. The summed E-state index contributed by atoms with van der Waals surface area (Å²) in [7, 11) is 2.91. The topological polar surface area (TPSA) is 85.2 Å². The van der Waals surface area contributed by atoms with Crippen molar-refractivity contribution in [2.24, 2.45) is 0 Å². The molecule has 9 heteroatoms. The number of thiophene rings is 1. The smallest absolute Gasteiger partial charge is 0.348 e. The van der Waals surface area contributed by atoms with Crippen molar-refractivity contribution in [1.29, 1.82) is 0 Å². The zero-order valence-corrected chi connectivity index (χ0v) is 17.5. The third kappa shape index (κ3) is 3.79. The van der Waals surface area contributed by atoms with Gasteiger partial charge in [0, 0.05) is 23.8 Å². The highest BCUT2D eigenvalue weighted by atomic mass is 32.1. The molecule has 1 aromatic carbocycles. The molecule has 0 bridgehead atoms. The molecule has 0 atom stereocenters. The van der Waals surface area contributed by atoms with Gasteiger partial charge in [-0.05, 0) is 30.4 Å². The number of esters is 1. The van der Waals surface area contributed by atoms with Crippen LogP contribution in [0, 0.1) is 10.1 Å². The molecule has 0 unspecified atom stereocenters. The van der Waals surface area contributed by atoms with E-state index in [1.54, 1.807) is 36.2 Å². The predicted molar refractivity (Wildman–Crippen MR) is 118 cm³/mol. The Balaban J connectivity index is 2.11. The van der Waals surface area contributed by atoms with E-state index in [0.29, 0.717) is 24.6 Å². The normalized spacial score (nSPS) is 13.1. The number of nitrogens with zero attached hydrogens (tertiary/aromatic N) is 3. The first-order chi connectivity index (χ1) is 14.4. The molecule has 0 aliphatic carbocycles. The maximum atomic E-state index is 12.2. The summed E-state index contributed by atoms with van der Waals surface area (Å²) in [6.07, 6.45) is 5.25. The van der Waals surface area contributed by atoms with Gasteiger partial charge in [0.05, 0.1) is 24.3 Å². The van der Waals surface area contributed by atoms with E-state index in [2.05, 4.69) is 13.2 Å². The van der Waals surface area contributed by atoms with Crippen molar-refractivity contribution >= 4 is 39.4 Å². The molecule has 2 heterocycles. The Morgan fingerprint density at radius 3 is 2.83 bits per heavy atom. The van der Waals surface area contributed by atoms with Crippen LogP contribution in [0.3, 0.4) is 0 Å². The number of anilines is 3. The van der Waals surface area contributed by atoms with Gasteiger partial charge in [-0.25, -0.2) is 4.79 Å². The van der Waals surface area contributed by atoms with Crippen molar-refractivity contribution in [2.45, 2.75) is 0 Å². The van der Waals surface area contributed by atoms with E-state index in [0.717, 1.165) is 22.7 Å². The summed E-state index contributed by atoms with van der Waals surface area (Å²) in [5, 5.41) is 12.8. The van der Waals surface area contributed by atoms with Crippen LogP contribution < -0.4 is 14.5 Å². The minimum absolute atomic E-state index is 0.137. The third-order valence-electron chi connectivity index (χ3n) is 4.66. The Morgan fingerprint density at radius 2 is 2.20 bits per heavy atom. The van der Waals surface area contributed by atoms with E-state index < -0.39 is 10.9 Å². The molecule has 0 saturated heterocycles. The molecule has 1 aromatic heterocycles. The average Bonchev–Trinajstić information content (AvgIpc) is 3.21. The van der Waals surface area contributed by atoms with Gasteiger partial charge < -0.3 is 19.3 Å². The molecule has 3 rings (SSSR count). The lowest BCUT2D eigenvalue weighted by molar-refractivity contribution is -0.379. The lowest BCUT2D eigenvalue weighted by Gasteiger charge is -2.33. The van der Waals surface area contributed by atoms with Gasteiger partial charge in [-0.1, -0.05) is 30.6 Å². The van der Waals surface area contributed by atoms with Gasteiger partial charge in [0.2, 0.25) is 0 Å². The van der Waals surface area contributed by atoms with Crippen LogP contribution in [0.2, 0.25) is 0 Å². The zero-order chi connectivity index (χ0) is 21.8. The number of nitro groups is 1. The largest absolute Gasteiger partial charge is 0.490 e. The third-order valence-corrected chi connectivity index (χ3v) is 5.57. The summed E-state index contributed by atoms with van der Waals surface area (Å²) in [5.41, 5.74) is 2.62. The van der Waals surface area contributed by atoms with Crippen molar-refractivity contribution < 1.29 is 19.2 Å². The van der Waals surface area contributed by atoms with Gasteiger partial charge in [0.15, 0.2) is 0 Å². The molecule has 0 radical (unpaired) electrons. The molecule has 0 spiro atoms. The van der Waals surface area contributed by atoms with Crippen molar-refractivity contribution in [3.8, 4) is 5.75 Å². The Kier molecular flexibility index (Phi) is 6.22. The standard InChI is InChI=1S/C21H21N3O5S/c1-5-7-14(6-2)23-10-11-29-18-9-8-15(12-17(18)23)22(3)19-16(21(25)28-4)13-30-20(19)24(26)27/h5-9,12-13H,1-2,10-11H2,3-4H3/b14-7+. The lowest BCUT2D eigenvalue weighted by Crippen LogP contribution is -2.31. The van der Waals surface area contributed by atoms with E-state index in [9.17, 15) is 14.9 Å². The number of hydrogen-bond acceptors (Lipinski definition) is 8. The van der Waals surface area contributed by atoms with Crippen molar-refractivity contribution in [3.63, 3.8) is 0 Å². The highest BCUT2D eigenvalue weighted by Crippen LogP contribution is 2.44. The van der Waals surface area contributed by atoms with Crippen LogP contribution in [0.1, 0.15) is 10.4 Å². The number of benzene rings is 1. The molecule has 30 heavy (non-hydrogen) atoms. The number of allylic oxidation sites excluding steroid dienone is 3. The quantitative estimate of drug-likeness (QED) is 0.275. The summed E-state index contributed by atoms with van der Waals surface area (Å²) in [5.74, 6) is 0.0511. The first kappa shape index (κ1) is 21.1. The fourth-order valence-electron chi connectivity index (χ4n) is 3.25. The second kappa shape index (κ2) is 8.83. The van der Waals surface area contributed by atoms with Crippen LogP contribution in [0.25, 0.3) is 0 Å². The Bertz CT molecular complexity index is 1040. The number of fused-ring (bicyclic) bond motifs is 1. The molecule has 8 nitrogen and oxygen atoms in total. The molecule has 0 amide bonds. The molecular formula is C21H21N3O5S. The van der Waals surface area contributed by atoms with E-state index in [-0.39, 0.29) is 16.3 Å². The van der Waals surface area contributed by atoms with Crippen LogP contribution in [-0.4, -0.2) is 38.2 Å². The minimum Gasteiger partial charge on any atom is -0.490 e. The van der Waals surface area contributed by atoms with E-state index >= 15 is 0 Å². The van der Waals surface area contributed by atoms with Crippen LogP contribution in [0.4, 0.5) is 22.1 Å². The zero-order valence-electron chi connectivity index (χ0n) is 16.7. The summed E-state index contributed by atoms with van der Waals surface area (Å²) in [6.45, 7) is 8.72. The van der Waals surface area contributed by atoms with Crippen LogP contribution in [-0.2, 0) is 4.74 Å². The first-order valence-corrected chi connectivity index (χ1v) is 9.88. The molecule has 156 valence electrons. The lowest BCUT2D eigenvalue weighted by atomic mass is 10.1. The summed E-state index contributed by atoms with van der Waals surface area (Å²) < 4.78 is 10.6. The number of rotatable bonds is 7. The van der Waals surface area contributed by atoms with Gasteiger partial charge in [-0.3, -0.25) is 10.1 Å². The molecular weight excluding hydrogens is 406 g/mol. The Morgan fingerprint density at radius 1 is 1.43 bits per heavy atom.